The van der Waals surface area contributed by atoms with Gasteiger partial charge in [-0.15, -0.1) is 0 Å². The SMILES string of the molecule is CCOC(=O)c1c(NC(=O)C2CC(=O)N(c3ccccc3C(=O)OC)C2)oc(C)c1C(C)=O. The number of carbonyl (C=O) groups is 5. The Bertz CT molecular complexity index is 1130. The van der Waals surface area contributed by atoms with Gasteiger partial charge in [-0.1, -0.05) is 12.1 Å². The number of nitrogens with one attached hydrogen (secondary N) is 1. The topological polar surface area (TPSA) is 132 Å². The molecule has 10 heteroatoms. The van der Waals surface area contributed by atoms with Crippen molar-refractivity contribution < 1.29 is 37.9 Å². The predicted molar refractivity (Wildman–Crippen MR) is 116 cm³/mol. The van der Waals surface area contributed by atoms with Crippen molar-refractivity contribution in [2.24, 2.45) is 5.92 Å². The number of furan rings is 1. The molecule has 0 aliphatic carbocycles. The van der Waals surface area contributed by atoms with Gasteiger partial charge in [0.05, 0.1) is 36.4 Å². The Morgan fingerprint density at radius 3 is 2.48 bits per heavy atom. The molecule has 33 heavy (non-hydrogen) atoms. The molecule has 1 fully saturated rings. The summed E-state index contributed by atoms with van der Waals surface area (Å²) >= 11 is 0. The van der Waals surface area contributed by atoms with Gasteiger partial charge in [-0.05, 0) is 32.9 Å². The number of ketones is 1. The van der Waals surface area contributed by atoms with Gasteiger partial charge in [-0.3, -0.25) is 19.7 Å². The number of amides is 2. The number of anilines is 2. The van der Waals surface area contributed by atoms with E-state index in [1.807, 2.05) is 0 Å². The first kappa shape index (κ1) is 23.7. The van der Waals surface area contributed by atoms with Gasteiger partial charge < -0.3 is 18.8 Å². The van der Waals surface area contributed by atoms with Crippen molar-refractivity contribution in [3.05, 3.63) is 46.7 Å². The molecule has 2 amide bonds. The van der Waals surface area contributed by atoms with Gasteiger partial charge in [-0.2, -0.15) is 0 Å². The first-order valence-electron chi connectivity index (χ1n) is 10.3. The highest BCUT2D eigenvalue weighted by Crippen LogP contribution is 2.32. The second-order valence-corrected chi connectivity index (χ2v) is 7.42. The van der Waals surface area contributed by atoms with Crippen molar-refractivity contribution in [2.45, 2.75) is 27.2 Å². The summed E-state index contributed by atoms with van der Waals surface area (Å²) in [5.41, 5.74) is 0.406. The molecule has 3 rings (SSSR count). The van der Waals surface area contributed by atoms with Crippen LogP contribution in [0.2, 0.25) is 0 Å². The maximum Gasteiger partial charge on any atom is 0.344 e. The molecule has 1 unspecified atom stereocenters. The third kappa shape index (κ3) is 4.64. The lowest BCUT2D eigenvalue weighted by Gasteiger charge is -2.19. The number of hydrogen-bond donors (Lipinski definition) is 1. The fourth-order valence-electron chi connectivity index (χ4n) is 3.78. The molecule has 1 atom stereocenters. The number of esters is 2. The van der Waals surface area contributed by atoms with E-state index in [-0.39, 0.29) is 53.8 Å². The van der Waals surface area contributed by atoms with Crippen molar-refractivity contribution in [1.82, 2.24) is 0 Å². The molecule has 1 aromatic carbocycles. The second-order valence-electron chi connectivity index (χ2n) is 7.42. The summed E-state index contributed by atoms with van der Waals surface area (Å²) in [7, 11) is 1.24. The normalized spacial score (nSPS) is 15.3. The van der Waals surface area contributed by atoms with Crippen molar-refractivity contribution in [1.29, 1.82) is 0 Å². The molecule has 0 bridgehead atoms. The summed E-state index contributed by atoms with van der Waals surface area (Å²) in [6, 6.07) is 6.44. The number of Topliss-reactive ketones (excluding diaryl/α,β-unsaturated/α-hetero) is 1. The van der Waals surface area contributed by atoms with E-state index in [1.54, 1.807) is 25.1 Å². The molecule has 1 aromatic heterocycles. The summed E-state index contributed by atoms with van der Waals surface area (Å²) in [5.74, 6) is -3.57. The van der Waals surface area contributed by atoms with E-state index in [9.17, 15) is 24.0 Å². The molecular weight excluding hydrogens is 432 g/mol. The highest BCUT2D eigenvalue weighted by Gasteiger charge is 2.38. The standard InChI is InChI=1S/C23H24N2O8/c1-5-32-23(30)19-18(12(2)26)13(3)33-21(19)24-20(28)14-10-17(27)25(11-14)16-9-7-6-8-15(16)22(29)31-4/h6-9,14H,5,10-11H2,1-4H3,(H,24,28). The van der Waals surface area contributed by atoms with Gasteiger partial charge in [0.15, 0.2) is 5.78 Å². The monoisotopic (exact) mass is 456 g/mol. The quantitative estimate of drug-likeness (QED) is 0.497. The van der Waals surface area contributed by atoms with E-state index in [4.69, 9.17) is 13.9 Å². The Morgan fingerprint density at radius 2 is 1.85 bits per heavy atom. The van der Waals surface area contributed by atoms with E-state index >= 15 is 0 Å². The lowest BCUT2D eigenvalue weighted by atomic mass is 10.1. The van der Waals surface area contributed by atoms with Crippen LogP contribution in [0.4, 0.5) is 11.6 Å². The lowest BCUT2D eigenvalue weighted by molar-refractivity contribution is -0.122. The molecule has 0 spiro atoms. The number of para-hydroxylation sites is 1. The fourth-order valence-corrected chi connectivity index (χ4v) is 3.78. The van der Waals surface area contributed by atoms with Crippen LogP contribution >= 0.6 is 0 Å². The number of rotatable bonds is 7. The average molecular weight is 456 g/mol. The van der Waals surface area contributed by atoms with Crippen molar-refractivity contribution in [3.63, 3.8) is 0 Å². The van der Waals surface area contributed by atoms with Gasteiger partial charge in [0, 0.05) is 13.0 Å². The second kappa shape index (κ2) is 9.68. The number of nitrogens with zero attached hydrogens (tertiary/aromatic N) is 1. The van der Waals surface area contributed by atoms with Crippen LogP contribution in [0.25, 0.3) is 0 Å². The Morgan fingerprint density at radius 1 is 1.15 bits per heavy atom. The minimum atomic E-state index is -0.800. The van der Waals surface area contributed by atoms with Crippen LogP contribution < -0.4 is 10.2 Å². The number of aryl methyl sites for hydroxylation is 1. The molecule has 2 aromatic rings. The lowest BCUT2D eigenvalue weighted by Crippen LogP contribution is -2.29. The molecule has 2 heterocycles. The van der Waals surface area contributed by atoms with Crippen LogP contribution in [0.3, 0.4) is 0 Å². The molecular formula is C23H24N2O8. The number of carbonyl (C=O) groups excluding carboxylic acids is 5. The first-order valence-corrected chi connectivity index (χ1v) is 10.3. The van der Waals surface area contributed by atoms with Gasteiger partial charge in [-0.25, -0.2) is 9.59 Å². The summed E-state index contributed by atoms with van der Waals surface area (Å²) < 4.78 is 15.3. The van der Waals surface area contributed by atoms with E-state index in [0.29, 0.717) is 5.69 Å². The zero-order valence-corrected chi connectivity index (χ0v) is 18.7. The number of ether oxygens (including phenoxy) is 2. The number of benzene rings is 1. The predicted octanol–water partition coefficient (Wildman–Crippen LogP) is 2.75. The van der Waals surface area contributed by atoms with Gasteiger partial charge in [0.25, 0.3) is 0 Å². The third-order valence-corrected chi connectivity index (χ3v) is 5.25. The van der Waals surface area contributed by atoms with Gasteiger partial charge in [0.1, 0.15) is 11.3 Å². The van der Waals surface area contributed by atoms with Crippen LogP contribution in [0.15, 0.2) is 28.7 Å². The molecule has 1 aliphatic rings. The Balaban J connectivity index is 1.86. The minimum absolute atomic E-state index is 0.00662. The Labute approximate surface area is 189 Å². The van der Waals surface area contributed by atoms with Crippen molar-refractivity contribution >= 4 is 41.1 Å². The zero-order valence-electron chi connectivity index (χ0n) is 18.7. The molecule has 0 radical (unpaired) electrons. The molecule has 1 aliphatic heterocycles. The Hall–Kier alpha value is -3.95. The van der Waals surface area contributed by atoms with E-state index in [2.05, 4.69) is 5.32 Å². The van der Waals surface area contributed by atoms with E-state index in [1.165, 1.54) is 31.9 Å². The van der Waals surface area contributed by atoms with Crippen LogP contribution in [-0.4, -0.2) is 49.8 Å². The molecule has 10 nitrogen and oxygen atoms in total. The zero-order chi connectivity index (χ0) is 24.3. The molecule has 1 N–H and O–H groups in total. The highest BCUT2D eigenvalue weighted by atomic mass is 16.5. The van der Waals surface area contributed by atoms with E-state index < -0.39 is 29.5 Å². The maximum atomic E-state index is 13.0. The van der Waals surface area contributed by atoms with Crippen molar-refractivity contribution in [2.75, 3.05) is 30.5 Å². The van der Waals surface area contributed by atoms with Crippen LogP contribution in [-0.2, 0) is 19.1 Å². The summed E-state index contributed by atoms with van der Waals surface area (Å²) in [6.45, 7) is 4.46. The number of hydrogen-bond acceptors (Lipinski definition) is 8. The molecule has 0 saturated carbocycles. The fraction of sp³-hybridized carbons (Fsp3) is 0.348. The van der Waals surface area contributed by atoms with Crippen LogP contribution in [0, 0.1) is 12.8 Å². The largest absolute Gasteiger partial charge is 0.465 e. The number of methoxy groups -OCH3 is 1. The highest BCUT2D eigenvalue weighted by molar-refractivity contribution is 6.12. The summed E-state index contributed by atoms with van der Waals surface area (Å²) in [4.78, 5) is 63.5. The summed E-state index contributed by atoms with van der Waals surface area (Å²) in [5, 5.41) is 2.52. The third-order valence-electron chi connectivity index (χ3n) is 5.25. The molecule has 1 saturated heterocycles. The van der Waals surface area contributed by atoms with Gasteiger partial charge >= 0.3 is 11.9 Å². The summed E-state index contributed by atoms with van der Waals surface area (Å²) in [6.07, 6.45) is -0.116. The van der Waals surface area contributed by atoms with Crippen LogP contribution in [0.5, 0.6) is 0 Å². The van der Waals surface area contributed by atoms with Crippen molar-refractivity contribution in [3.8, 4) is 0 Å². The molecule has 174 valence electrons. The van der Waals surface area contributed by atoms with Gasteiger partial charge in [0.2, 0.25) is 17.7 Å². The average Bonchev–Trinajstić information content (AvgIpc) is 3.32. The van der Waals surface area contributed by atoms with E-state index in [0.717, 1.165) is 0 Å². The smallest absolute Gasteiger partial charge is 0.344 e. The van der Waals surface area contributed by atoms with Crippen LogP contribution in [0.1, 0.15) is 57.1 Å². The Kier molecular flexibility index (Phi) is 6.95. The maximum absolute atomic E-state index is 13.0. The first-order chi connectivity index (χ1) is 15.7. The minimum Gasteiger partial charge on any atom is -0.465 e.